The smallest absolute Gasteiger partial charge is 0.222 e. The monoisotopic (exact) mass is 324 g/mol. The van der Waals surface area contributed by atoms with Gasteiger partial charge in [0.1, 0.15) is 5.82 Å². The van der Waals surface area contributed by atoms with Crippen molar-refractivity contribution in [2.75, 3.05) is 11.1 Å². The molecular weight excluding hydrogens is 304 g/mol. The van der Waals surface area contributed by atoms with E-state index < -0.39 is 5.60 Å². The second-order valence-electron chi connectivity index (χ2n) is 6.71. The van der Waals surface area contributed by atoms with Crippen molar-refractivity contribution >= 4 is 22.7 Å². The van der Waals surface area contributed by atoms with Gasteiger partial charge in [0.2, 0.25) is 5.95 Å². The highest BCUT2D eigenvalue weighted by Gasteiger charge is 2.33. The van der Waals surface area contributed by atoms with Crippen LogP contribution in [-0.4, -0.2) is 36.9 Å². The molecule has 0 amide bonds. The first-order valence-electron chi connectivity index (χ1n) is 8.06. The van der Waals surface area contributed by atoms with Crippen molar-refractivity contribution < 1.29 is 5.11 Å². The van der Waals surface area contributed by atoms with Crippen LogP contribution in [0.1, 0.15) is 26.2 Å². The molecule has 1 fully saturated rings. The number of H-pyrrole nitrogens is 1. The number of nitrogens with one attached hydrogen (secondary N) is 2. The van der Waals surface area contributed by atoms with Gasteiger partial charge in [-0.2, -0.15) is 10.1 Å². The van der Waals surface area contributed by atoms with Crippen LogP contribution in [-0.2, 0) is 0 Å². The van der Waals surface area contributed by atoms with Gasteiger partial charge in [0.15, 0.2) is 0 Å². The lowest BCUT2D eigenvalue weighted by atomic mass is 10.1. The van der Waals surface area contributed by atoms with Gasteiger partial charge < -0.3 is 16.2 Å². The van der Waals surface area contributed by atoms with Crippen molar-refractivity contribution in [1.29, 1.82) is 0 Å². The molecule has 24 heavy (non-hydrogen) atoms. The number of rotatable bonds is 3. The predicted molar refractivity (Wildman–Crippen MR) is 93.4 cm³/mol. The molecule has 2 atom stereocenters. The second-order valence-corrected chi connectivity index (χ2v) is 6.71. The van der Waals surface area contributed by atoms with Crippen LogP contribution < -0.4 is 11.1 Å². The van der Waals surface area contributed by atoms with Crippen LogP contribution in [0.2, 0.25) is 0 Å². The van der Waals surface area contributed by atoms with Crippen molar-refractivity contribution in [2.24, 2.45) is 0 Å². The summed E-state index contributed by atoms with van der Waals surface area (Å²) in [6, 6.07) is 8.05. The largest absolute Gasteiger partial charge is 0.390 e. The van der Waals surface area contributed by atoms with Crippen LogP contribution in [0.3, 0.4) is 0 Å². The lowest BCUT2D eigenvalue weighted by Gasteiger charge is -2.18. The molecule has 1 aliphatic carbocycles. The minimum atomic E-state index is -0.611. The number of nitrogens with two attached hydrogens (primary N) is 1. The van der Waals surface area contributed by atoms with Gasteiger partial charge in [-0.1, -0.05) is 6.07 Å². The Bertz CT molecular complexity index is 874. The molecule has 0 aliphatic heterocycles. The predicted octanol–water partition coefficient (Wildman–Crippen LogP) is 2.32. The number of nitrogens with zero attached hydrogens (tertiary/aromatic N) is 3. The molecule has 7 heteroatoms. The fraction of sp³-hybridized carbons (Fsp3) is 0.353. The zero-order valence-electron chi connectivity index (χ0n) is 13.5. The van der Waals surface area contributed by atoms with Crippen LogP contribution in [0.4, 0.5) is 11.8 Å². The average Bonchev–Trinajstić information content (AvgIpc) is 3.16. The Hall–Kier alpha value is -2.67. The third kappa shape index (κ3) is 2.78. The van der Waals surface area contributed by atoms with Crippen molar-refractivity contribution in [3.63, 3.8) is 0 Å². The average molecular weight is 324 g/mol. The van der Waals surface area contributed by atoms with E-state index in [1.807, 2.05) is 31.2 Å². The Morgan fingerprint density at radius 2 is 2.21 bits per heavy atom. The lowest BCUT2D eigenvalue weighted by Crippen LogP contribution is -2.24. The molecule has 4 rings (SSSR count). The summed E-state index contributed by atoms with van der Waals surface area (Å²) >= 11 is 0. The van der Waals surface area contributed by atoms with Gasteiger partial charge >= 0.3 is 0 Å². The third-order valence-electron chi connectivity index (χ3n) is 4.58. The van der Waals surface area contributed by atoms with E-state index in [1.54, 1.807) is 6.20 Å². The Morgan fingerprint density at radius 1 is 1.33 bits per heavy atom. The highest BCUT2D eigenvalue weighted by molar-refractivity contribution is 5.92. The van der Waals surface area contributed by atoms with E-state index in [-0.39, 0.29) is 12.0 Å². The summed E-state index contributed by atoms with van der Waals surface area (Å²) in [7, 11) is 0. The van der Waals surface area contributed by atoms with E-state index in [9.17, 15) is 5.11 Å². The standard InChI is InChI=1S/C17H20N6O/c1-17(24)6-4-11(9-17)20-15-12-3-2-10(13-5-7-19-23-13)8-14(12)21-16(18)22-15/h2-3,5,7-8,11,24H,4,6,9H2,1H3,(H,19,23)(H3,18,20,21,22)/t11-,17-/m1/s1. The number of hydrogen-bond donors (Lipinski definition) is 4. The molecule has 1 saturated carbocycles. The van der Waals surface area contributed by atoms with Crippen LogP contribution >= 0.6 is 0 Å². The SMILES string of the molecule is C[C@@]1(O)CC[C@@H](Nc2nc(N)nc3cc(-c4ccn[nH]4)ccc23)C1. The van der Waals surface area contributed by atoms with Crippen LogP contribution in [0.5, 0.6) is 0 Å². The maximum absolute atomic E-state index is 10.1. The van der Waals surface area contributed by atoms with Gasteiger partial charge in [-0.25, -0.2) is 4.98 Å². The first-order chi connectivity index (χ1) is 11.5. The topological polar surface area (TPSA) is 113 Å². The number of aromatic nitrogens is 4. The summed E-state index contributed by atoms with van der Waals surface area (Å²) < 4.78 is 0. The van der Waals surface area contributed by atoms with Crippen molar-refractivity contribution in [2.45, 2.75) is 37.8 Å². The Balaban J connectivity index is 1.71. The van der Waals surface area contributed by atoms with E-state index in [0.29, 0.717) is 6.42 Å². The molecule has 2 aromatic heterocycles. The fourth-order valence-corrected chi connectivity index (χ4v) is 3.38. The molecule has 3 aromatic rings. The fourth-order valence-electron chi connectivity index (χ4n) is 3.38. The molecule has 0 unspecified atom stereocenters. The summed E-state index contributed by atoms with van der Waals surface area (Å²) in [5.74, 6) is 0.952. The minimum absolute atomic E-state index is 0.185. The van der Waals surface area contributed by atoms with Crippen molar-refractivity contribution in [3.05, 3.63) is 30.5 Å². The number of nitrogen functional groups attached to an aromatic ring is 1. The number of benzene rings is 1. The molecule has 7 nitrogen and oxygen atoms in total. The molecule has 1 aromatic carbocycles. The third-order valence-corrected chi connectivity index (χ3v) is 4.58. The minimum Gasteiger partial charge on any atom is -0.390 e. The summed E-state index contributed by atoms with van der Waals surface area (Å²) in [6.45, 7) is 1.87. The number of aliphatic hydroxyl groups is 1. The maximum atomic E-state index is 10.1. The number of anilines is 2. The molecule has 0 bridgehead atoms. The van der Waals surface area contributed by atoms with Gasteiger partial charge in [0, 0.05) is 23.2 Å². The summed E-state index contributed by atoms with van der Waals surface area (Å²) in [6.07, 6.45) is 4.11. The molecule has 1 aliphatic rings. The number of fused-ring (bicyclic) bond motifs is 1. The molecular formula is C17H20N6O. The van der Waals surface area contributed by atoms with Crippen LogP contribution in [0.15, 0.2) is 30.5 Å². The van der Waals surface area contributed by atoms with E-state index in [0.717, 1.165) is 40.8 Å². The Labute approximate surface area is 139 Å². The molecule has 2 heterocycles. The normalized spacial score (nSPS) is 23.7. The molecule has 0 radical (unpaired) electrons. The van der Waals surface area contributed by atoms with Gasteiger partial charge in [-0.3, -0.25) is 5.10 Å². The van der Waals surface area contributed by atoms with Crippen molar-refractivity contribution in [1.82, 2.24) is 20.2 Å². The highest BCUT2D eigenvalue weighted by Crippen LogP contribution is 2.33. The van der Waals surface area contributed by atoms with Gasteiger partial charge in [-0.15, -0.1) is 0 Å². The maximum Gasteiger partial charge on any atom is 0.222 e. The highest BCUT2D eigenvalue weighted by atomic mass is 16.3. The zero-order valence-corrected chi connectivity index (χ0v) is 13.5. The van der Waals surface area contributed by atoms with Crippen LogP contribution in [0.25, 0.3) is 22.2 Å². The van der Waals surface area contributed by atoms with Crippen LogP contribution in [0, 0.1) is 0 Å². The molecule has 0 spiro atoms. The zero-order chi connectivity index (χ0) is 16.7. The second kappa shape index (κ2) is 5.45. The van der Waals surface area contributed by atoms with Gasteiger partial charge in [0.05, 0.1) is 16.8 Å². The van der Waals surface area contributed by atoms with Gasteiger partial charge in [-0.05, 0) is 44.4 Å². The lowest BCUT2D eigenvalue weighted by molar-refractivity contribution is 0.0673. The van der Waals surface area contributed by atoms with E-state index >= 15 is 0 Å². The summed E-state index contributed by atoms with van der Waals surface area (Å²) in [5.41, 5.74) is 7.98. The van der Waals surface area contributed by atoms with E-state index in [1.165, 1.54) is 0 Å². The summed E-state index contributed by atoms with van der Waals surface area (Å²) in [4.78, 5) is 8.71. The molecule has 5 N–H and O–H groups in total. The van der Waals surface area contributed by atoms with E-state index in [4.69, 9.17) is 5.73 Å². The van der Waals surface area contributed by atoms with Crippen molar-refractivity contribution in [3.8, 4) is 11.3 Å². The molecule has 124 valence electrons. The van der Waals surface area contributed by atoms with E-state index in [2.05, 4.69) is 25.5 Å². The molecule has 0 saturated heterocycles. The van der Waals surface area contributed by atoms with Gasteiger partial charge in [0.25, 0.3) is 0 Å². The quantitative estimate of drug-likeness (QED) is 0.588. The first kappa shape index (κ1) is 14.9. The number of hydrogen-bond acceptors (Lipinski definition) is 6. The Kier molecular flexibility index (Phi) is 3.38. The number of aromatic amines is 1. The first-order valence-corrected chi connectivity index (χ1v) is 8.06. The summed E-state index contributed by atoms with van der Waals surface area (Å²) in [5, 5.41) is 21.4. The Morgan fingerprint density at radius 3 is 2.92 bits per heavy atom.